The summed E-state index contributed by atoms with van der Waals surface area (Å²) in [4.78, 5) is 12.6. The molecule has 7 nitrogen and oxygen atoms in total. The molecule has 0 aliphatic heterocycles. The molecule has 0 fully saturated rings. The summed E-state index contributed by atoms with van der Waals surface area (Å²) >= 11 is 4.27. The Hall–Kier alpha value is -3.18. The fraction of sp³-hybridized carbons (Fsp3) is 0.118. The lowest BCUT2D eigenvalue weighted by molar-refractivity contribution is 0.260. The number of ether oxygens (including phenoxy) is 1. The van der Waals surface area contributed by atoms with E-state index in [2.05, 4.69) is 23.2 Å². The van der Waals surface area contributed by atoms with Crippen molar-refractivity contribution in [1.29, 1.82) is 5.26 Å². The van der Waals surface area contributed by atoms with Crippen LogP contribution >= 0.6 is 12.8 Å². The number of benzene rings is 2. The average Bonchev–Trinajstić information content (AvgIpc) is 3.02. The third kappa shape index (κ3) is 3.09. The summed E-state index contributed by atoms with van der Waals surface area (Å²) in [6, 6.07) is 11.8. The van der Waals surface area contributed by atoms with Gasteiger partial charge in [0.1, 0.15) is 11.4 Å². The van der Waals surface area contributed by atoms with Crippen molar-refractivity contribution in [3.63, 3.8) is 0 Å². The average molecular weight is 353 g/mol. The minimum Gasteiger partial charge on any atom is -0.495 e. The van der Waals surface area contributed by atoms with Crippen LogP contribution in [0.5, 0.6) is 5.75 Å². The molecule has 1 aromatic heterocycles. The molecule has 0 aliphatic rings. The number of aromatic nitrogens is 2. The van der Waals surface area contributed by atoms with Gasteiger partial charge in [-0.25, -0.2) is 9.10 Å². The standard InChI is InChI=1S/C17H15N5O2S/c1-21-14-5-3-4-13(12(14)10-19-21)20-17(23)22(25)15-8-11(9-18)6-7-16(15)24-2/h3-8,10,25H,1-2H3,(H,20,23). The fourth-order valence-corrected chi connectivity index (χ4v) is 2.70. The van der Waals surface area contributed by atoms with Gasteiger partial charge < -0.3 is 10.1 Å². The predicted molar refractivity (Wildman–Crippen MR) is 98.9 cm³/mol. The minimum atomic E-state index is -0.479. The Morgan fingerprint density at radius 1 is 1.40 bits per heavy atom. The number of aryl methyl sites for hydroxylation is 1. The second-order valence-corrected chi connectivity index (χ2v) is 5.65. The molecule has 25 heavy (non-hydrogen) atoms. The van der Waals surface area contributed by atoms with Gasteiger partial charge in [0.15, 0.2) is 0 Å². The van der Waals surface area contributed by atoms with Gasteiger partial charge in [0.25, 0.3) is 0 Å². The van der Waals surface area contributed by atoms with Crippen molar-refractivity contribution < 1.29 is 9.53 Å². The van der Waals surface area contributed by atoms with Gasteiger partial charge in [0.2, 0.25) is 0 Å². The van der Waals surface area contributed by atoms with Crippen LogP contribution in [0.25, 0.3) is 10.9 Å². The normalized spacial score (nSPS) is 10.3. The van der Waals surface area contributed by atoms with Crippen molar-refractivity contribution >= 4 is 41.1 Å². The lowest BCUT2D eigenvalue weighted by Crippen LogP contribution is -2.27. The largest absolute Gasteiger partial charge is 0.495 e. The molecule has 1 heterocycles. The molecule has 0 saturated heterocycles. The molecule has 0 aliphatic carbocycles. The van der Waals surface area contributed by atoms with Crippen molar-refractivity contribution in [2.75, 3.05) is 16.7 Å². The van der Waals surface area contributed by atoms with Crippen molar-refractivity contribution in [2.24, 2.45) is 7.05 Å². The topological polar surface area (TPSA) is 83.2 Å². The molecule has 0 radical (unpaired) electrons. The lowest BCUT2D eigenvalue weighted by Gasteiger charge is -2.19. The van der Waals surface area contributed by atoms with E-state index in [1.54, 1.807) is 29.1 Å². The van der Waals surface area contributed by atoms with E-state index in [1.165, 1.54) is 13.2 Å². The molecule has 3 aromatic rings. The molecule has 0 bridgehead atoms. The number of hydrogen-bond donors (Lipinski definition) is 2. The molecule has 126 valence electrons. The number of amides is 2. The van der Waals surface area contributed by atoms with E-state index >= 15 is 0 Å². The monoisotopic (exact) mass is 353 g/mol. The molecule has 3 rings (SSSR count). The van der Waals surface area contributed by atoms with Crippen LogP contribution in [0, 0.1) is 11.3 Å². The predicted octanol–water partition coefficient (Wildman–Crippen LogP) is 3.34. The Kier molecular flexibility index (Phi) is 4.50. The number of fused-ring (bicyclic) bond motifs is 1. The number of nitrogens with zero attached hydrogens (tertiary/aromatic N) is 4. The first-order valence-electron chi connectivity index (χ1n) is 7.34. The van der Waals surface area contributed by atoms with Crippen LogP contribution in [0.3, 0.4) is 0 Å². The number of thiol groups is 1. The van der Waals surface area contributed by atoms with E-state index in [0.717, 1.165) is 15.2 Å². The molecule has 1 N–H and O–H groups in total. The van der Waals surface area contributed by atoms with Crippen molar-refractivity contribution in [1.82, 2.24) is 9.78 Å². The Balaban J connectivity index is 1.92. The van der Waals surface area contributed by atoms with Crippen LogP contribution in [0.15, 0.2) is 42.6 Å². The van der Waals surface area contributed by atoms with Gasteiger partial charge in [0.05, 0.1) is 36.1 Å². The maximum atomic E-state index is 12.6. The summed E-state index contributed by atoms with van der Waals surface area (Å²) in [5.41, 5.74) is 2.29. The van der Waals surface area contributed by atoms with Crippen LogP contribution < -0.4 is 14.4 Å². The summed E-state index contributed by atoms with van der Waals surface area (Å²) in [5.74, 6) is 0.434. The van der Waals surface area contributed by atoms with Gasteiger partial charge in [-0.2, -0.15) is 10.4 Å². The lowest BCUT2D eigenvalue weighted by atomic mass is 10.2. The van der Waals surface area contributed by atoms with Crippen molar-refractivity contribution in [3.8, 4) is 11.8 Å². The molecule has 0 unspecified atom stereocenters. The van der Waals surface area contributed by atoms with Crippen LogP contribution in [0.2, 0.25) is 0 Å². The molecule has 0 atom stereocenters. The van der Waals surface area contributed by atoms with E-state index < -0.39 is 6.03 Å². The van der Waals surface area contributed by atoms with Crippen LogP contribution in [-0.2, 0) is 7.05 Å². The van der Waals surface area contributed by atoms with Crippen LogP contribution in [-0.4, -0.2) is 22.9 Å². The van der Waals surface area contributed by atoms with E-state index in [-0.39, 0.29) is 0 Å². The number of carbonyl (C=O) groups is 1. The number of carbonyl (C=O) groups excluding carboxylic acids is 1. The van der Waals surface area contributed by atoms with Gasteiger partial charge in [-0.05, 0) is 30.3 Å². The summed E-state index contributed by atoms with van der Waals surface area (Å²) in [6.45, 7) is 0. The fourth-order valence-electron chi connectivity index (χ4n) is 2.49. The Labute approximate surface area is 150 Å². The number of anilines is 2. The van der Waals surface area contributed by atoms with E-state index in [9.17, 15) is 4.79 Å². The summed E-state index contributed by atoms with van der Waals surface area (Å²) in [6.07, 6.45) is 1.69. The van der Waals surface area contributed by atoms with Crippen molar-refractivity contribution in [3.05, 3.63) is 48.2 Å². The van der Waals surface area contributed by atoms with Gasteiger partial charge in [-0.3, -0.25) is 4.68 Å². The maximum Gasteiger partial charge on any atom is 0.336 e. The molecular weight excluding hydrogens is 338 g/mol. The third-order valence-corrected chi connectivity index (χ3v) is 4.16. The SMILES string of the molecule is COc1ccc(C#N)cc1N(S)C(=O)Nc1cccc2c1cnn2C. The number of methoxy groups -OCH3 is 1. The van der Waals surface area contributed by atoms with Gasteiger partial charge in [-0.1, -0.05) is 18.9 Å². The highest BCUT2D eigenvalue weighted by Gasteiger charge is 2.18. The maximum absolute atomic E-state index is 12.6. The Bertz CT molecular complexity index is 992. The number of nitriles is 1. The highest BCUT2D eigenvalue weighted by Crippen LogP contribution is 2.31. The molecule has 2 aromatic carbocycles. The number of nitrogens with one attached hydrogen (secondary N) is 1. The van der Waals surface area contributed by atoms with Gasteiger partial charge >= 0.3 is 6.03 Å². The first-order chi connectivity index (χ1) is 12.0. The third-order valence-electron chi connectivity index (χ3n) is 3.76. The van der Waals surface area contributed by atoms with Crippen LogP contribution in [0.4, 0.5) is 16.2 Å². The molecular formula is C17H15N5O2S. The van der Waals surface area contributed by atoms with Gasteiger partial charge in [-0.15, -0.1) is 0 Å². The van der Waals surface area contributed by atoms with Crippen LogP contribution in [0.1, 0.15) is 5.56 Å². The Morgan fingerprint density at radius 2 is 2.20 bits per heavy atom. The van der Waals surface area contributed by atoms with E-state index in [0.29, 0.717) is 22.7 Å². The molecule has 0 saturated carbocycles. The second-order valence-electron chi connectivity index (χ2n) is 5.25. The zero-order valence-electron chi connectivity index (χ0n) is 13.6. The zero-order valence-corrected chi connectivity index (χ0v) is 14.5. The Morgan fingerprint density at radius 3 is 2.92 bits per heavy atom. The number of hydrogen-bond acceptors (Lipinski definition) is 5. The first kappa shape index (κ1) is 16.7. The van der Waals surface area contributed by atoms with Crippen molar-refractivity contribution in [2.45, 2.75) is 0 Å². The van der Waals surface area contributed by atoms with Gasteiger partial charge in [0, 0.05) is 12.4 Å². The second kappa shape index (κ2) is 6.75. The van der Waals surface area contributed by atoms with E-state index in [4.69, 9.17) is 10.00 Å². The molecule has 8 heteroatoms. The minimum absolute atomic E-state index is 0.376. The number of urea groups is 1. The smallest absolute Gasteiger partial charge is 0.336 e. The highest BCUT2D eigenvalue weighted by molar-refractivity contribution is 7.82. The zero-order chi connectivity index (χ0) is 18.0. The molecule has 0 spiro atoms. The van der Waals surface area contributed by atoms with E-state index in [1.807, 2.05) is 25.2 Å². The first-order valence-corrected chi connectivity index (χ1v) is 7.74. The summed E-state index contributed by atoms with van der Waals surface area (Å²) in [7, 11) is 3.32. The summed E-state index contributed by atoms with van der Waals surface area (Å²) < 4.78 is 8.08. The quantitative estimate of drug-likeness (QED) is 0.708. The number of rotatable bonds is 3. The highest BCUT2D eigenvalue weighted by atomic mass is 32.1. The summed E-state index contributed by atoms with van der Waals surface area (Å²) in [5, 5.41) is 16.9. The molecule has 2 amide bonds.